The smallest absolute Gasteiger partial charge is 0.270 e. The lowest BCUT2D eigenvalue weighted by Crippen LogP contribution is -2.41. The van der Waals surface area contributed by atoms with Crippen LogP contribution >= 0.6 is 0 Å². The zero-order valence-corrected chi connectivity index (χ0v) is 14.0. The van der Waals surface area contributed by atoms with Crippen LogP contribution in [0.5, 0.6) is 0 Å². The van der Waals surface area contributed by atoms with Gasteiger partial charge in [-0.1, -0.05) is 0 Å². The van der Waals surface area contributed by atoms with Gasteiger partial charge in [0.2, 0.25) is 0 Å². The number of aromatic nitrogens is 4. The minimum atomic E-state index is 0.101. The predicted molar refractivity (Wildman–Crippen MR) is 94.2 cm³/mol. The average molecular weight is 335 g/mol. The number of pyridine rings is 1. The molecule has 1 aliphatic rings. The molecule has 0 radical (unpaired) electrons. The Labute approximate surface area is 146 Å². The molecule has 25 heavy (non-hydrogen) atoms. The number of rotatable bonds is 4. The number of hydrogen-bond acceptors (Lipinski definition) is 3. The van der Waals surface area contributed by atoms with E-state index in [0.717, 1.165) is 37.2 Å². The molecule has 0 aromatic carbocycles. The second-order valence-electron chi connectivity index (χ2n) is 6.43. The van der Waals surface area contributed by atoms with Gasteiger partial charge in [-0.05, 0) is 42.7 Å². The summed E-state index contributed by atoms with van der Waals surface area (Å²) in [5, 5.41) is 0. The van der Waals surface area contributed by atoms with Crippen LogP contribution in [0.15, 0.2) is 61.6 Å². The molecule has 1 fully saturated rings. The summed E-state index contributed by atoms with van der Waals surface area (Å²) in [5.41, 5.74) is 1.87. The largest absolute Gasteiger partial charge is 0.339 e. The van der Waals surface area contributed by atoms with Crippen LogP contribution in [0.4, 0.5) is 0 Å². The van der Waals surface area contributed by atoms with Crippen molar-refractivity contribution in [1.82, 2.24) is 24.0 Å². The van der Waals surface area contributed by atoms with Gasteiger partial charge in [-0.15, -0.1) is 0 Å². The molecule has 0 saturated carbocycles. The standard InChI is InChI=1S/C19H21N5O/c25-19(23-11-1-3-17(14-23)24-12-9-21-15-24)18-4-2-10-22(18)13-16-5-7-20-8-6-16/h2,4-10,12,15,17H,1,3,11,13-14H2/t17-/m1/s1. The van der Waals surface area contributed by atoms with Crippen LogP contribution in [0.25, 0.3) is 0 Å². The molecule has 1 saturated heterocycles. The van der Waals surface area contributed by atoms with Crippen LogP contribution in [-0.4, -0.2) is 43.0 Å². The molecule has 6 nitrogen and oxygen atoms in total. The van der Waals surface area contributed by atoms with Crippen molar-refractivity contribution in [2.75, 3.05) is 13.1 Å². The lowest BCUT2D eigenvalue weighted by molar-refractivity contribution is 0.0669. The Balaban J connectivity index is 1.50. The molecule has 0 N–H and O–H groups in total. The van der Waals surface area contributed by atoms with E-state index in [1.807, 2.05) is 52.5 Å². The van der Waals surface area contributed by atoms with Gasteiger partial charge < -0.3 is 14.0 Å². The van der Waals surface area contributed by atoms with Gasteiger partial charge in [0, 0.05) is 50.6 Å². The molecule has 1 atom stereocenters. The van der Waals surface area contributed by atoms with E-state index in [1.54, 1.807) is 18.6 Å². The summed E-state index contributed by atoms with van der Waals surface area (Å²) < 4.78 is 4.12. The Morgan fingerprint density at radius 1 is 1.12 bits per heavy atom. The Bertz CT molecular complexity index is 825. The first-order valence-corrected chi connectivity index (χ1v) is 8.62. The number of carbonyl (C=O) groups is 1. The fraction of sp³-hybridized carbons (Fsp3) is 0.316. The molecule has 0 spiro atoms. The van der Waals surface area contributed by atoms with Gasteiger partial charge in [-0.2, -0.15) is 0 Å². The highest BCUT2D eigenvalue weighted by atomic mass is 16.2. The van der Waals surface area contributed by atoms with Crippen LogP contribution < -0.4 is 0 Å². The van der Waals surface area contributed by atoms with Gasteiger partial charge in [0.05, 0.1) is 12.4 Å². The maximum absolute atomic E-state index is 13.1. The second-order valence-corrected chi connectivity index (χ2v) is 6.43. The van der Waals surface area contributed by atoms with Gasteiger partial charge in [-0.3, -0.25) is 9.78 Å². The van der Waals surface area contributed by atoms with E-state index in [4.69, 9.17) is 0 Å². The molecule has 128 valence electrons. The highest BCUT2D eigenvalue weighted by Crippen LogP contribution is 2.23. The number of hydrogen-bond donors (Lipinski definition) is 0. The van der Waals surface area contributed by atoms with E-state index in [9.17, 15) is 4.79 Å². The SMILES string of the molecule is O=C(c1cccn1Cc1ccncc1)N1CCC[C@@H](n2ccnc2)C1. The van der Waals surface area contributed by atoms with E-state index < -0.39 is 0 Å². The van der Waals surface area contributed by atoms with Crippen molar-refractivity contribution in [2.45, 2.75) is 25.4 Å². The third-order valence-corrected chi connectivity index (χ3v) is 4.78. The van der Waals surface area contributed by atoms with E-state index in [2.05, 4.69) is 14.5 Å². The van der Waals surface area contributed by atoms with Crippen molar-refractivity contribution >= 4 is 5.91 Å². The van der Waals surface area contributed by atoms with Gasteiger partial charge in [-0.25, -0.2) is 4.98 Å². The third-order valence-electron chi connectivity index (χ3n) is 4.78. The third kappa shape index (κ3) is 3.33. The zero-order valence-electron chi connectivity index (χ0n) is 14.0. The normalized spacial score (nSPS) is 17.6. The second kappa shape index (κ2) is 6.93. The summed E-state index contributed by atoms with van der Waals surface area (Å²) in [5.74, 6) is 0.101. The molecule has 0 aliphatic carbocycles. The number of piperidine rings is 1. The van der Waals surface area contributed by atoms with Crippen molar-refractivity contribution in [3.63, 3.8) is 0 Å². The molecule has 0 unspecified atom stereocenters. The number of imidazole rings is 1. The van der Waals surface area contributed by atoms with Crippen LogP contribution in [0.1, 0.15) is 34.9 Å². The Morgan fingerprint density at radius 3 is 2.80 bits per heavy atom. The molecule has 6 heteroatoms. The fourth-order valence-electron chi connectivity index (χ4n) is 3.46. The minimum Gasteiger partial charge on any atom is -0.339 e. The Hall–Kier alpha value is -2.89. The molecule has 4 rings (SSSR count). The van der Waals surface area contributed by atoms with Crippen LogP contribution in [0.2, 0.25) is 0 Å². The Morgan fingerprint density at radius 2 is 2.00 bits per heavy atom. The molecular formula is C19H21N5O. The van der Waals surface area contributed by atoms with Crippen molar-refractivity contribution < 1.29 is 4.79 Å². The zero-order chi connectivity index (χ0) is 17.1. The minimum absolute atomic E-state index is 0.101. The van der Waals surface area contributed by atoms with E-state index in [0.29, 0.717) is 12.6 Å². The van der Waals surface area contributed by atoms with Crippen molar-refractivity contribution in [2.24, 2.45) is 0 Å². The Kier molecular flexibility index (Phi) is 4.33. The highest BCUT2D eigenvalue weighted by molar-refractivity contribution is 5.92. The maximum Gasteiger partial charge on any atom is 0.270 e. The molecule has 1 aliphatic heterocycles. The molecule has 4 heterocycles. The maximum atomic E-state index is 13.1. The summed E-state index contributed by atoms with van der Waals surface area (Å²) in [6.07, 6.45) is 13.2. The number of amides is 1. The van der Waals surface area contributed by atoms with E-state index >= 15 is 0 Å². The topological polar surface area (TPSA) is 56.0 Å². The van der Waals surface area contributed by atoms with Crippen molar-refractivity contribution in [3.05, 3.63) is 72.8 Å². The first-order chi connectivity index (χ1) is 12.3. The average Bonchev–Trinajstić information content (AvgIpc) is 3.34. The lowest BCUT2D eigenvalue weighted by Gasteiger charge is -2.33. The molecule has 0 bridgehead atoms. The summed E-state index contributed by atoms with van der Waals surface area (Å²) in [6, 6.07) is 8.11. The molecular weight excluding hydrogens is 314 g/mol. The quantitative estimate of drug-likeness (QED) is 0.736. The van der Waals surface area contributed by atoms with Crippen LogP contribution in [0.3, 0.4) is 0 Å². The molecule has 1 amide bonds. The van der Waals surface area contributed by atoms with Crippen LogP contribution in [0, 0.1) is 0 Å². The molecule has 3 aromatic heterocycles. The summed E-state index contributed by atoms with van der Waals surface area (Å²) in [7, 11) is 0. The van der Waals surface area contributed by atoms with E-state index in [1.165, 1.54) is 0 Å². The predicted octanol–water partition coefficient (Wildman–Crippen LogP) is 2.61. The monoisotopic (exact) mass is 335 g/mol. The summed E-state index contributed by atoms with van der Waals surface area (Å²) >= 11 is 0. The first-order valence-electron chi connectivity index (χ1n) is 8.62. The first kappa shape index (κ1) is 15.6. The fourth-order valence-corrected chi connectivity index (χ4v) is 3.46. The summed E-state index contributed by atoms with van der Waals surface area (Å²) in [4.78, 5) is 23.2. The van der Waals surface area contributed by atoms with Gasteiger partial charge in [0.1, 0.15) is 5.69 Å². The summed E-state index contributed by atoms with van der Waals surface area (Å²) in [6.45, 7) is 2.22. The van der Waals surface area contributed by atoms with Gasteiger partial charge in [0.25, 0.3) is 5.91 Å². The number of likely N-dealkylation sites (tertiary alicyclic amines) is 1. The van der Waals surface area contributed by atoms with E-state index in [-0.39, 0.29) is 5.91 Å². The molecule has 3 aromatic rings. The van der Waals surface area contributed by atoms with Crippen molar-refractivity contribution in [1.29, 1.82) is 0 Å². The van der Waals surface area contributed by atoms with Crippen LogP contribution in [-0.2, 0) is 6.54 Å². The van der Waals surface area contributed by atoms with Gasteiger partial charge >= 0.3 is 0 Å². The van der Waals surface area contributed by atoms with Crippen molar-refractivity contribution in [3.8, 4) is 0 Å². The number of carbonyl (C=O) groups excluding carboxylic acids is 1. The lowest BCUT2D eigenvalue weighted by atomic mass is 10.1. The van der Waals surface area contributed by atoms with Gasteiger partial charge in [0.15, 0.2) is 0 Å². The highest BCUT2D eigenvalue weighted by Gasteiger charge is 2.26. The number of nitrogens with zero attached hydrogens (tertiary/aromatic N) is 5.